The van der Waals surface area contributed by atoms with Crippen LogP contribution in [0.2, 0.25) is 0 Å². The van der Waals surface area contributed by atoms with E-state index in [-0.39, 0.29) is 5.56 Å². The third kappa shape index (κ3) is 1.46. The molecule has 0 atom stereocenters. The number of aromatic amines is 1. The van der Waals surface area contributed by atoms with Gasteiger partial charge in [-0.15, -0.1) is 0 Å². The molecule has 0 aromatic carbocycles. The maximum atomic E-state index is 11.4. The fourth-order valence-corrected chi connectivity index (χ4v) is 5.18. The van der Waals surface area contributed by atoms with Gasteiger partial charge < -0.3 is 10.7 Å². The van der Waals surface area contributed by atoms with Gasteiger partial charge in [0.15, 0.2) is 0 Å². The van der Waals surface area contributed by atoms with E-state index in [4.69, 9.17) is 5.73 Å². The number of hydrogen-bond donors (Lipinski definition) is 2. The number of aromatic nitrogens is 1. The number of pyridine rings is 1. The van der Waals surface area contributed by atoms with Crippen molar-refractivity contribution in [3.8, 4) is 0 Å². The second-order valence-electron chi connectivity index (χ2n) is 6.67. The smallest absolute Gasteiger partial charge is 0.271 e. The van der Waals surface area contributed by atoms with E-state index >= 15 is 0 Å². The van der Waals surface area contributed by atoms with Gasteiger partial charge in [0.1, 0.15) is 0 Å². The number of H-pyrrole nitrogens is 1. The van der Waals surface area contributed by atoms with E-state index in [1.807, 2.05) is 12.3 Å². The first-order chi connectivity index (χ1) is 8.70. The van der Waals surface area contributed by atoms with Crippen LogP contribution in [0.15, 0.2) is 17.1 Å². The molecule has 0 spiro atoms. The average Bonchev–Trinajstić information content (AvgIpc) is 2.32. The molecule has 1 aromatic heterocycles. The normalized spacial score (nSPS) is 41.2. The minimum Gasteiger partial charge on any atom is -0.394 e. The zero-order valence-electron chi connectivity index (χ0n) is 10.6. The van der Waals surface area contributed by atoms with E-state index in [1.165, 1.54) is 37.7 Å². The van der Waals surface area contributed by atoms with Crippen LogP contribution in [0.4, 0.5) is 5.69 Å². The lowest BCUT2D eigenvalue weighted by Crippen LogP contribution is -2.43. The first-order valence-corrected chi connectivity index (χ1v) is 7.19. The predicted octanol–water partition coefficient (Wildman–Crippen LogP) is 2.50. The molecule has 0 radical (unpaired) electrons. The maximum Gasteiger partial charge on any atom is 0.271 e. The fourth-order valence-electron chi connectivity index (χ4n) is 5.18. The van der Waals surface area contributed by atoms with E-state index in [0.717, 1.165) is 23.7 Å². The molecule has 0 aliphatic heterocycles. The highest BCUT2D eigenvalue weighted by molar-refractivity contribution is 5.39. The van der Waals surface area contributed by atoms with Crippen LogP contribution in [0.25, 0.3) is 0 Å². The maximum absolute atomic E-state index is 11.4. The molecule has 1 heterocycles. The molecule has 3 N–H and O–H groups in total. The van der Waals surface area contributed by atoms with E-state index in [1.54, 1.807) is 0 Å². The van der Waals surface area contributed by atoms with E-state index in [9.17, 15) is 4.79 Å². The Bertz CT molecular complexity index is 506. The van der Waals surface area contributed by atoms with E-state index in [0.29, 0.717) is 11.6 Å². The standard InChI is InChI=1S/C15H20N2O/c16-13-6-12(7-17-15(13)18)14-10-2-8-1-9(4-10)5-11(14)3-8/h6-11,14H,1-5,16H2,(H,17,18). The van der Waals surface area contributed by atoms with Crippen molar-refractivity contribution in [3.05, 3.63) is 28.2 Å². The lowest BCUT2D eigenvalue weighted by molar-refractivity contribution is -0.00287. The average molecular weight is 244 g/mol. The van der Waals surface area contributed by atoms with Crippen LogP contribution < -0.4 is 11.3 Å². The van der Waals surface area contributed by atoms with Gasteiger partial charge in [-0.05, 0) is 73.3 Å². The molecule has 4 bridgehead atoms. The predicted molar refractivity (Wildman–Crippen MR) is 71.3 cm³/mol. The summed E-state index contributed by atoms with van der Waals surface area (Å²) in [4.78, 5) is 14.2. The number of rotatable bonds is 1. The monoisotopic (exact) mass is 244 g/mol. The van der Waals surface area contributed by atoms with Crippen molar-refractivity contribution in [1.82, 2.24) is 4.98 Å². The van der Waals surface area contributed by atoms with Crippen LogP contribution in [0.1, 0.15) is 43.6 Å². The molecular weight excluding hydrogens is 224 g/mol. The zero-order chi connectivity index (χ0) is 12.3. The number of nitrogens with one attached hydrogen (secondary N) is 1. The molecule has 18 heavy (non-hydrogen) atoms. The van der Waals surface area contributed by atoms with Gasteiger partial charge in [0.2, 0.25) is 0 Å². The SMILES string of the molecule is Nc1cc(C2C3CC4CC(C3)CC2C4)c[nH]c1=O. The lowest BCUT2D eigenvalue weighted by Gasteiger charge is -2.54. The molecule has 3 heteroatoms. The first kappa shape index (κ1) is 10.7. The van der Waals surface area contributed by atoms with Gasteiger partial charge in [0, 0.05) is 6.20 Å². The van der Waals surface area contributed by atoms with Gasteiger partial charge in [-0.2, -0.15) is 0 Å². The summed E-state index contributed by atoms with van der Waals surface area (Å²) in [6.07, 6.45) is 8.99. The highest BCUT2D eigenvalue weighted by atomic mass is 16.1. The van der Waals surface area contributed by atoms with Crippen LogP contribution >= 0.6 is 0 Å². The minimum atomic E-state index is -0.150. The number of nitrogen functional groups attached to an aromatic ring is 1. The van der Waals surface area contributed by atoms with Gasteiger partial charge in [-0.3, -0.25) is 4.79 Å². The van der Waals surface area contributed by atoms with Gasteiger partial charge >= 0.3 is 0 Å². The van der Waals surface area contributed by atoms with Gasteiger partial charge in [-0.25, -0.2) is 0 Å². The van der Waals surface area contributed by atoms with Crippen molar-refractivity contribution in [2.45, 2.75) is 38.0 Å². The van der Waals surface area contributed by atoms with Crippen molar-refractivity contribution in [2.75, 3.05) is 5.73 Å². The quantitative estimate of drug-likeness (QED) is 0.797. The van der Waals surface area contributed by atoms with E-state index < -0.39 is 0 Å². The highest BCUT2D eigenvalue weighted by Crippen LogP contribution is 2.59. The van der Waals surface area contributed by atoms with Crippen LogP contribution in [0.3, 0.4) is 0 Å². The Balaban J connectivity index is 1.72. The molecule has 0 saturated heterocycles. The summed E-state index contributed by atoms with van der Waals surface area (Å²) in [5.74, 6) is 4.31. The number of hydrogen-bond acceptors (Lipinski definition) is 2. The van der Waals surface area contributed by atoms with Crippen molar-refractivity contribution in [2.24, 2.45) is 23.7 Å². The molecule has 0 unspecified atom stereocenters. The lowest BCUT2D eigenvalue weighted by atomic mass is 9.51. The van der Waals surface area contributed by atoms with Gasteiger partial charge in [0.05, 0.1) is 5.69 Å². The molecule has 3 nitrogen and oxygen atoms in total. The van der Waals surface area contributed by atoms with Crippen LogP contribution in [0, 0.1) is 23.7 Å². The van der Waals surface area contributed by atoms with Crippen molar-refractivity contribution in [3.63, 3.8) is 0 Å². The molecular formula is C15H20N2O. The Hall–Kier alpha value is -1.25. The van der Waals surface area contributed by atoms with Crippen molar-refractivity contribution < 1.29 is 0 Å². The molecule has 4 aliphatic rings. The van der Waals surface area contributed by atoms with Crippen LogP contribution in [-0.4, -0.2) is 4.98 Å². The Morgan fingerprint density at radius 3 is 2.22 bits per heavy atom. The molecule has 4 fully saturated rings. The second-order valence-corrected chi connectivity index (χ2v) is 6.67. The summed E-state index contributed by atoms with van der Waals surface area (Å²) < 4.78 is 0. The van der Waals surface area contributed by atoms with Crippen LogP contribution in [-0.2, 0) is 0 Å². The largest absolute Gasteiger partial charge is 0.394 e. The Labute approximate surface area is 107 Å². The third-order valence-electron chi connectivity index (χ3n) is 5.57. The molecule has 5 rings (SSSR count). The minimum absolute atomic E-state index is 0.150. The fraction of sp³-hybridized carbons (Fsp3) is 0.667. The third-order valence-corrected chi connectivity index (χ3v) is 5.57. The molecule has 1 aromatic rings. The Morgan fingerprint density at radius 2 is 1.67 bits per heavy atom. The summed E-state index contributed by atoms with van der Waals surface area (Å²) >= 11 is 0. The molecule has 0 amide bonds. The Morgan fingerprint density at radius 1 is 1.06 bits per heavy atom. The molecule has 4 saturated carbocycles. The summed E-state index contributed by atoms with van der Waals surface area (Å²) in [6.45, 7) is 0. The Kier molecular flexibility index (Phi) is 2.14. The number of anilines is 1. The van der Waals surface area contributed by atoms with Crippen molar-refractivity contribution >= 4 is 5.69 Å². The van der Waals surface area contributed by atoms with Crippen molar-refractivity contribution in [1.29, 1.82) is 0 Å². The molecule has 4 aliphatic carbocycles. The van der Waals surface area contributed by atoms with Gasteiger partial charge in [-0.1, -0.05) is 0 Å². The summed E-state index contributed by atoms with van der Waals surface area (Å²) in [5.41, 5.74) is 7.27. The van der Waals surface area contributed by atoms with Crippen LogP contribution in [0.5, 0.6) is 0 Å². The topological polar surface area (TPSA) is 58.9 Å². The molecule has 96 valence electrons. The highest BCUT2D eigenvalue weighted by Gasteiger charge is 2.48. The summed E-state index contributed by atoms with van der Waals surface area (Å²) in [6, 6.07) is 1.92. The summed E-state index contributed by atoms with van der Waals surface area (Å²) in [5, 5.41) is 0. The van der Waals surface area contributed by atoms with E-state index in [2.05, 4.69) is 4.98 Å². The number of nitrogens with two attached hydrogens (primary N) is 1. The second kappa shape index (κ2) is 3.62. The first-order valence-electron chi connectivity index (χ1n) is 7.19. The van der Waals surface area contributed by atoms with Gasteiger partial charge in [0.25, 0.3) is 5.56 Å². The zero-order valence-corrected chi connectivity index (χ0v) is 10.6. The summed E-state index contributed by atoms with van der Waals surface area (Å²) in [7, 11) is 0.